The second kappa shape index (κ2) is 7.90. The maximum atomic E-state index is 12.5. The van der Waals surface area contributed by atoms with Crippen molar-refractivity contribution in [3.8, 4) is 0 Å². The molecule has 3 rings (SSSR count). The Morgan fingerprint density at radius 2 is 1.81 bits per heavy atom. The minimum absolute atomic E-state index is 0.115. The van der Waals surface area contributed by atoms with Crippen molar-refractivity contribution < 1.29 is 19.9 Å². The van der Waals surface area contributed by atoms with Crippen LogP contribution in [0.4, 0.5) is 5.69 Å². The maximum Gasteiger partial charge on any atom is 0.270 e. The van der Waals surface area contributed by atoms with Crippen molar-refractivity contribution >= 4 is 22.5 Å². The Bertz CT molecular complexity index is 975. The van der Waals surface area contributed by atoms with Crippen LogP contribution in [0.15, 0.2) is 60.7 Å². The van der Waals surface area contributed by atoms with Gasteiger partial charge in [-0.05, 0) is 29.8 Å². The average molecular weight is 367 g/mol. The van der Waals surface area contributed by atoms with E-state index in [1.807, 2.05) is 18.2 Å². The number of fused-ring (bicyclic) bond motifs is 1. The Labute approximate surface area is 154 Å². The molecular weight excluding hydrogens is 350 g/mol. The molecule has 0 fully saturated rings. The van der Waals surface area contributed by atoms with Crippen LogP contribution in [0.5, 0.6) is 0 Å². The number of nitro benzene ring substituents is 1. The molecule has 3 aromatic rings. The summed E-state index contributed by atoms with van der Waals surface area (Å²) in [5.41, 5.74) is 1.03. The summed E-state index contributed by atoms with van der Waals surface area (Å²) in [5.74, 6) is -0.541. The minimum Gasteiger partial charge on any atom is -0.394 e. The second-order valence-corrected chi connectivity index (χ2v) is 5.95. The van der Waals surface area contributed by atoms with Crippen LogP contribution in [-0.4, -0.2) is 38.7 Å². The number of amides is 1. The number of nitrogens with zero attached hydrogens (tertiary/aromatic N) is 2. The molecule has 138 valence electrons. The number of aliphatic hydroxyl groups excluding tert-OH is 2. The zero-order valence-corrected chi connectivity index (χ0v) is 14.1. The van der Waals surface area contributed by atoms with E-state index in [2.05, 4.69) is 10.3 Å². The number of nitro groups is 1. The van der Waals surface area contributed by atoms with Crippen LogP contribution < -0.4 is 5.32 Å². The fraction of sp³-hybridized carbons (Fsp3) is 0.158. The van der Waals surface area contributed by atoms with Gasteiger partial charge in [0.1, 0.15) is 11.8 Å². The Hall–Kier alpha value is -3.36. The van der Waals surface area contributed by atoms with Crippen molar-refractivity contribution in [3.63, 3.8) is 0 Å². The van der Waals surface area contributed by atoms with E-state index in [0.29, 0.717) is 11.1 Å². The van der Waals surface area contributed by atoms with E-state index in [-0.39, 0.29) is 11.4 Å². The summed E-state index contributed by atoms with van der Waals surface area (Å²) in [6, 6.07) is 14.9. The molecule has 1 heterocycles. The SMILES string of the molecule is O=C(N[C@@H](CO)[C@H](O)c1ccc([N+](=O)[O-])cc1)c1ccc2ccccc2n1. The van der Waals surface area contributed by atoms with E-state index in [1.54, 1.807) is 18.2 Å². The second-order valence-electron chi connectivity index (χ2n) is 5.95. The smallest absolute Gasteiger partial charge is 0.270 e. The molecule has 0 aliphatic carbocycles. The number of hydrogen-bond acceptors (Lipinski definition) is 6. The number of rotatable bonds is 6. The number of aliphatic hydroxyl groups is 2. The van der Waals surface area contributed by atoms with E-state index in [4.69, 9.17) is 0 Å². The van der Waals surface area contributed by atoms with E-state index in [0.717, 1.165) is 5.39 Å². The summed E-state index contributed by atoms with van der Waals surface area (Å²) in [6.07, 6.45) is -1.24. The van der Waals surface area contributed by atoms with Gasteiger partial charge in [-0.3, -0.25) is 14.9 Å². The first-order valence-corrected chi connectivity index (χ1v) is 8.19. The largest absolute Gasteiger partial charge is 0.394 e. The Balaban J connectivity index is 1.76. The van der Waals surface area contributed by atoms with Gasteiger partial charge >= 0.3 is 0 Å². The van der Waals surface area contributed by atoms with Gasteiger partial charge < -0.3 is 15.5 Å². The number of aromatic nitrogens is 1. The number of hydrogen-bond donors (Lipinski definition) is 3. The van der Waals surface area contributed by atoms with Crippen LogP contribution in [0.25, 0.3) is 10.9 Å². The Morgan fingerprint density at radius 3 is 2.48 bits per heavy atom. The molecule has 1 amide bonds. The quantitative estimate of drug-likeness (QED) is 0.452. The highest BCUT2D eigenvalue weighted by atomic mass is 16.6. The van der Waals surface area contributed by atoms with Gasteiger partial charge in [-0.2, -0.15) is 0 Å². The normalized spacial score (nSPS) is 13.1. The molecule has 0 saturated heterocycles. The third kappa shape index (κ3) is 4.08. The molecule has 1 aromatic heterocycles. The van der Waals surface area contributed by atoms with Gasteiger partial charge in [-0.1, -0.05) is 24.3 Å². The van der Waals surface area contributed by atoms with Crippen molar-refractivity contribution in [2.24, 2.45) is 0 Å². The van der Waals surface area contributed by atoms with Gasteiger partial charge in [-0.15, -0.1) is 0 Å². The molecule has 3 N–H and O–H groups in total. The molecule has 0 bridgehead atoms. The average Bonchev–Trinajstić information content (AvgIpc) is 2.71. The highest BCUT2D eigenvalue weighted by molar-refractivity contribution is 5.95. The topological polar surface area (TPSA) is 126 Å². The first-order chi connectivity index (χ1) is 13.0. The van der Waals surface area contributed by atoms with E-state index in [1.165, 1.54) is 24.3 Å². The van der Waals surface area contributed by atoms with Crippen molar-refractivity contribution in [2.75, 3.05) is 6.61 Å². The van der Waals surface area contributed by atoms with Gasteiger partial charge in [0.25, 0.3) is 11.6 Å². The monoisotopic (exact) mass is 367 g/mol. The molecule has 2 atom stereocenters. The van der Waals surface area contributed by atoms with Gasteiger partial charge in [0.05, 0.1) is 23.1 Å². The standard InChI is InChI=1S/C19H17N3O5/c23-11-17(18(24)13-5-8-14(9-6-13)22(26)27)21-19(25)16-10-7-12-3-1-2-4-15(12)20-16/h1-10,17-18,23-24H,11H2,(H,21,25)/t17-,18+/m0/s1. The zero-order valence-electron chi connectivity index (χ0n) is 14.1. The lowest BCUT2D eigenvalue weighted by Gasteiger charge is -2.22. The number of para-hydroxylation sites is 1. The molecule has 0 spiro atoms. The van der Waals surface area contributed by atoms with E-state index < -0.39 is 29.6 Å². The number of nitrogens with one attached hydrogen (secondary N) is 1. The number of benzene rings is 2. The van der Waals surface area contributed by atoms with Gasteiger partial charge in [-0.25, -0.2) is 4.98 Å². The maximum absolute atomic E-state index is 12.5. The fourth-order valence-electron chi connectivity index (χ4n) is 2.68. The molecule has 0 unspecified atom stereocenters. The molecule has 2 aromatic carbocycles. The van der Waals surface area contributed by atoms with E-state index >= 15 is 0 Å². The van der Waals surface area contributed by atoms with E-state index in [9.17, 15) is 25.1 Å². The molecule has 0 radical (unpaired) electrons. The third-order valence-corrected chi connectivity index (χ3v) is 4.17. The lowest BCUT2D eigenvalue weighted by atomic mass is 10.0. The highest BCUT2D eigenvalue weighted by Gasteiger charge is 2.24. The number of pyridine rings is 1. The summed E-state index contributed by atoms with van der Waals surface area (Å²) in [7, 11) is 0. The fourth-order valence-corrected chi connectivity index (χ4v) is 2.68. The van der Waals surface area contributed by atoms with Crippen molar-refractivity contribution in [3.05, 3.63) is 82.0 Å². The van der Waals surface area contributed by atoms with Crippen molar-refractivity contribution in [1.29, 1.82) is 0 Å². The van der Waals surface area contributed by atoms with Crippen molar-refractivity contribution in [2.45, 2.75) is 12.1 Å². The molecule has 0 aliphatic heterocycles. The lowest BCUT2D eigenvalue weighted by molar-refractivity contribution is -0.384. The number of carbonyl (C=O) groups is 1. The van der Waals surface area contributed by atoms with Crippen LogP contribution >= 0.6 is 0 Å². The molecule has 8 heteroatoms. The summed E-state index contributed by atoms with van der Waals surface area (Å²) in [6.45, 7) is -0.516. The third-order valence-electron chi connectivity index (χ3n) is 4.17. The molecule has 27 heavy (non-hydrogen) atoms. The number of carbonyl (C=O) groups excluding carboxylic acids is 1. The Kier molecular flexibility index (Phi) is 5.39. The summed E-state index contributed by atoms with van der Waals surface area (Å²) >= 11 is 0. The number of non-ortho nitro benzene ring substituents is 1. The first-order valence-electron chi connectivity index (χ1n) is 8.19. The van der Waals surface area contributed by atoms with Gasteiger partial charge in [0, 0.05) is 17.5 Å². The molecule has 8 nitrogen and oxygen atoms in total. The highest BCUT2D eigenvalue weighted by Crippen LogP contribution is 2.21. The lowest BCUT2D eigenvalue weighted by Crippen LogP contribution is -2.42. The molecular formula is C19H17N3O5. The van der Waals surface area contributed by atoms with Gasteiger partial charge in [0.2, 0.25) is 0 Å². The minimum atomic E-state index is -1.24. The van der Waals surface area contributed by atoms with Crippen LogP contribution in [0.2, 0.25) is 0 Å². The predicted octanol–water partition coefficient (Wildman–Crippen LogP) is 1.97. The van der Waals surface area contributed by atoms with Crippen molar-refractivity contribution in [1.82, 2.24) is 10.3 Å². The summed E-state index contributed by atoms with van der Waals surface area (Å²) in [4.78, 5) is 26.9. The molecule has 0 saturated carbocycles. The zero-order chi connectivity index (χ0) is 19.4. The van der Waals surface area contributed by atoms with Crippen LogP contribution in [0, 0.1) is 10.1 Å². The van der Waals surface area contributed by atoms with Crippen LogP contribution in [0.1, 0.15) is 22.2 Å². The summed E-state index contributed by atoms with van der Waals surface area (Å²) in [5, 5.41) is 34.1. The first kappa shape index (κ1) is 18.4. The molecule has 0 aliphatic rings. The van der Waals surface area contributed by atoms with Crippen LogP contribution in [0.3, 0.4) is 0 Å². The van der Waals surface area contributed by atoms with Gasteiger partial charge in [0.15, 0.2) is 0 Å². The predicted molar refractivity (Wildman–Crippen MR) is 98.1 cm³/mol. The van der Waals surface area contributed by atoms with Crippen LogP contribution in [-0.2, 0) is 0 Å². The summed E-state index contributed by atoms with van der Waals surface area (Å²) < 4.78 is 0. The Morgan fingerprint density at radius 1 is 1.11 bits per heavy atom.